The first-order chi connectivity index (χ1) is 9.72. The Labute approximate surface area is 120 Å². The Balaban J connectivity index is 1.61. The molecule has 0 aliphatic carbocycles. The third-order valence-corrected chi connectivity index (χ3v) is 5.04. The van der Waals surface area contributed by atoms with Crippen molar-refractivity contribution in [1.29, 1.82) is 0 Å². The van der Waals surface area contributed by atoms with Gasteiger partial charge in [0.15, 0.2) is 0 Å². The van der Waals surface area contributed by atoms with Crippen LogP contribution in [-0.2, 0) is 19.0 Å². The zero-order chi connectivity index (χ0) is 14.0. The summed E-state index contributed by atoms with van der Waals surface area (Å²) >= 11 is 0. The number of likely N-dealkylation sites (tertiary alicyclic amines) is 1. The first kappa shape index (κ1) is 14.3. The van der Waals surface area contributed by atoms with Gasteiger partial charge in [-0.15, -0.1) is 0 Å². The molecule has 114 valence electrons. The van der Waals surface area contributed by atoms with Crippen molar-refractivity contribution in [2.45, 2.75) is 43.7 Å². The van der Waals surface area contributed by atoms with E-state index in [2.05, 4.69) is 4.90 Å². The van der Waals surface area contributed by atoms with Gasteiger partial charge in [0, 0.05) is 32.2 Å². The average Bonchev–Trinajstić information content (AvgIpc) is 2.94. The minimum Gasteiger partial charge on any atom is -0.469 e. The molecule has 5 heteroatoms. The van der Waals surface area contributed by atoms with Crippen molar-refractivity contribution >= 4 is 5.97 Å². The molecule has 20 heavy (non-hydrogen) atoms. The fourth-order valence-corrected chi connectivity index (χ4v) is 3.87. The molecule has 5 nitrogen and oxygen atoms in total. The lowest BCUT2D eigenvalue weighted by Gasteiger charge is -2.44. The highest BCUT2D eigenvalue weighted by atomic mass is 16.6. The van der Waals surface area contributed by atoms with Gasteiger partial charge in [-0.2, -0.15) is 0 Å². The normalized spacial score (nSPS) is 39.0. The summed E-state index contributed by atoms with van der Waals surface area (Å²) in [6, 6.07) is 0.526. The molecule has 3 unspecified atom stereocenters. The van der Waals surface area contributed by atoms with Crippen molar-refractivity contribution in [3.8, 4) is 0 Å². The second-order valence-corrected chi connectivity index (χ2v) is 6.34. The maximum absolute atomic E-state index is 11.8. The quantitative estimate of drug-likeness (QED) is 0.713. The molecule has 3 aliphatic heterocycles. The monoisotopic (exact) mass is 283 g/mol. The van der Waals surface area contributed by atoms with Crippen molar-refractivity contribution in [3.63, 3.8) is 0 Å². The topological polar surface area (TPSA) is 48.0 Å². The largest absolute Gasteiger partial charge is 0.469 e. The van der Waals surface area contributed by atoms with Gasteiger partial charge in [0.2, 0.25) is 0 Å². The highest BCUT2D eigenvalue weighted by Crippen LogP contribution is 2.36. The number of methoxy groups -OCH3 is 1. The molecule has 0 radical (unpaired) electrons. The molecule has 3 heterocycles. The number of hydrogen-bond acceptors (Lipinski definition) is 5. The first-order valence-electron chi connectivity index (χ1n) is 7.76. The smallest absolute Gasteiger partial charge is 0.309 e. The average molecular weight is 283 g/mol. The van der Waals surface area contributed by atoms with Gasteiger partial charge in [-0.1, -0.05) is 0 Å². The molecule has 3 saturated heterocycles. The van der Waals surface area contributed by atoms with Crippen molar-refractivity contribution in [2.24, 2.45) is 5.92 Å². The van der Waals surface area contributed by atoms with E-state index in [0.29, 0.717) is 6.04 Å². The van der Waals surface area contributed by atoms with Gasteiger partial charge in [-0.3, -0.25) is 9.69 Å². The Morgan fingerprint density at radius 3 is 3.00 bits per heavy atom. The molecule has 3 rings (SSSR count). The van der Waals surface area contributed by atoms with Gasteiger partial charge in [0.25, 0.3) is 0 Å². The number of hydrogen-bond donors (Lipinski definition) is 0. The molecule has 3 atom stereocenters. The Kier molecular flexibility index (Phi) is 4.29. The van der Waals surface area contributed by atoms with E-state index in [0.717, 1.165) is 65.0 Å². The number of piperidine rings is 1. The molecule has 0 amide bonds. The summed E-state index contributed by atoms with van der Waals surface area (Å²) in [5.74, 6) is -0.00644. The van der Waals surface area contributed by atoms with E-state index in [1.54, 1.807) is 0 Å². The summed E-state index contributed by atoms with van der Waals surface area (Å²) < 4.78 is 16.4. The lowest BCUT2D eigenvalue weighted by atomic mass is 9.87. The van der Waals surface area contributed by atoms with Crippen LogP contribution in [0.1, 0.15) is 32.1 Å². The second kappa shape index (κ2) is 6.00. The van der Waals surface area contributed by atoms with E-state index in [1.165, 1.54) is 7.11 Å². The molecule has 3 aliphatic rings. The molecule has 0 N–H and O–H groups in total. The van der Waals surface area contributed by atoms with Crippen LogP contribution in [0.4, 0.5) is 0 Å². The zero-order valence-corrected chi connectivity index (χ0v) is 12.3. The second-order valence-electron chi connectivity index (χ2n) is 6.34. The minimum absolute atomic E-state index is 0.0485. The molecule has 0 bridgehead atoms. The van der Waals surface area contributed by atoms with E-state index in [4.69, 9.17) is 14.2 Å². The lowest BCUT2D eigenvalue weighted by Crippen LogP contribution is -2.52. The van der Waals surface area contributed by atoms with Crippen LogP contribution in [0.25, 0.3) is 0 Å². The van der Waals surface area contributed by atoms with Gasteiger partial charge in [0.05, 0.1) is 25.2 Å². The maximum Gasteiger partial charge on any atom is 0.309 e. The Morgan fingerprint density at radius 1 is 1.35 bits per heavy atom. The van der Waals surface area contributed by atoms with Gasteiger partial charge >= 0.3 is 5.97 Å². The van der Waals surface area contributed by atoms with Crippen molar-refractivity contribution in [1.82, 2.24) is 4.90 Å². The summed E-state index contributed by atoms with van der Waals surface area (Å²) in [6.45, 7) is 4.30. The van der Waals surface area contributed by atoms with Crippen LogP contribution in [0.5, 0.6) is 0 Å². The zero-order valence-electron chi connectivity index (χ0n) is 12.3. The van der Waals surface area contributed by atoms with Crippen molar-refractivity contribution in [3.05, 3.63) is 0 Å². The summed E-state index contributed by atoms with van der Waals surface area (Å²) in [7, 11) is 1.49. The van der Waals surface area contributed by atoms with Crippen LogP contribution in [0.15, 0.2) is 0 Å². The van der Waals surface area contributed by atoms with Crippen LogP contribution in [0.2, 0.25) is 0 Å². The third-order valence-electron chi connectivity index (χ3n) is 5.04. The SMILES string of the molecule is COC(=O)C1CCCN(C2CCOC3(CCOC3)C2)C1. The minimum atomic E-state index is -0.0549. The number of ether oxygens (including phenoxy) is 3. The standard InChI is InChI=1S/C15H25NO4/c1-18-14(17)12-3-2-6-16(10-12)13-4-7-20-15(9-13)5-8-19-11-15/h12-13H,2-11H2,1H3. The van der Waals surface area contributed by atoms with E-state index >= 15 is 0 Å². The number of carbonyl (C=O) groups excluding carboxylic acids is 1. The summed E-state index contributed by atoms with van der Waals surface area (Å²) in [4.78, 5) is 14.2. The van der Waals surface area contributed by atoms with Crippen LogP contribution in [-0.4, -0.2) is 62.5 Å². The Bertz CT molecular complexity index is 354. The fourth-order valence-electron chi connectivity index (χ4n) is 3.87. The Hall–Kier alpha value is -0.650. The lowest BCUT2D eigenvalue weighted by molar-refractivity contribution is -0.149. The van der Waals surface area contributed by atoms with Crippen LogP contribution >= 0.6 is 0 Å². The predicted molar refractivity (Wildman–Crippen MR) is 73.5 cm³/mol. The molecule has 0 aromatic heterocycles. The van der Waals surface area contributed by atoms with E-state index < -0.39 is 0 Å². The predicted octanol–water partition coefficient (Wildman–Crippen LogP) is 1.21. The van der Waals surface area contributed by atoms with Crippen LogP contribution in [0, 0.1) is 5.92 Å². The van der Waals surface area contributed by atoms with Crippen LogP contribution < -0.4 is 0 Å². The fraction of sp³-hybridized carbons (Fsp3) is 0.933. The molecule has 0 aromatic carbocycles. The Morgan fingerprint density at radius 2 is 2.25 bits per heavy atom. The molecular weight excluding hydrogens is 258 g/mol. The highest BCUT2D eigenvalue weighted by molar-refractivity contribution is 5.72. The summed E-state index contributed by atoms with van der Waals surface area (Å²) in [5, 5.41) is 0. The summed E-state index contributed by atoms with van der Waals surface area (Å²) in [6.07, 6.45) is 5.16. The number of esters is 1. The number of nitrogens with zero attached hydrogens (tertiary/aromatic N) is 1. The van der Waals surface area contributed by atoms with Gasteiger partial charge in [0.1, 0.15) is 0 Å². The number of rotatable bonds is 2. The molecular formula is C15H25NO4. The maximum atomic E-state index is 11.8. The van der Waals surface area contributed by atoms with Gasteiger partial charge in [-0.25, -0.2) is 0 Å². The van der Waals surface area contributed by atoms with Gasteiger partial charge in [-0.05, 0) is 32.2 Å². The summed E-state index contributed by atoms with van der Waals surface area (Å²) in [5.41, 5.74) is -0.0544. The van der Waals surface area contributed by atoms with Crippen molar-refractivity contribution in [2.75, 3.05) is 40.0 Å². The number of carbonyl (C=O) groups is 1. The first-order valence-corrected chi connectivity index (χ1v) is 7.76. The van der Waals surface area contributed by atoms with E-state index in [9.17, 15) is 4.79 Å². The van der Waals surface area contributed by atoms with E-state index in [-0.39, 0.29) is 17.5 Å². The van der Waals surface area contributed by atoms with Crippen LogP contribution in [0.3, 0.4) is 0 Å². The molecule has 0 aromatic rings. The molecule has 1 spiro atoms. The molecule has 0 saturated carbocycles. The van der Waals surface area contributed by atoms with Crippen molar-refractivity contribution < 1.29 is 19.0 Å². The van der Waals surface area contributed by atoms with E-state index in [1.807, 2.05) is 0 Å². The third kappa shape index (κ3) is 2.85. The molecule has 3 fully saturated rings. The highest BCUT2D eigenvalue weighted by Gasteiger charge is 2.43. The van der Waals surface area contributed by atoms with Gasteiger partial charge < -0.3 is 14.2 Å².